The molecule has 4 heterocycles. The average molecular weight is 779 g/mol. The highest BCUT2D eigenvalue weighted by Crippen LogP contribution is 2.40. The van der Waals surface area contributed by atoms with Gasteiger partial charge in [-0.2, -0.15) is 13.2 Å². The number of carboxylic acid groups (broad SMARTS) is 1. The maximum Gasteiger partial charge on any atom is 0.420 e. The number of phenols is 1. The first-order chi connectivity index (χ1) is 25.8. The molecule has 3 fully saturated rings. The van der Waals surface area contributed by atoms with E-state index < -0.39 is 53.0 Å². The molecule has 0 radical (unpaired) electrons. The largest absolute Gasteiger partial charge is 0.506 e. The highest BCUT2D eigenvalue weighted by molar-refractivity contribution is 6.32. The molecule has 17 heteroatoms. The lowest BCUT2D eigenvalue weighted by molar-refractivity contribution is -0.143. The zero-order valence-corrected chi connectivity index (χ0v) is 30.7. The summed E-state index contributed by atoms with van der Waals surface area (Å²) in [6.07, 6.45) is -4.11. The Labute approximate surface area is 316 Å². The second-order valence-electron chi connectivity index (χ2n) is 14.4. The van der Waals surface area contributed by atoms with Gasteiger partial charge in [-0.3, -0.25) is 14.5 Å². The number of piperazine rings is 1. The molecular weight excluding hydrogens is 733 g/mol. The van der Waals surface area contributed by atoms with Crippen LogP contribution in [0.25, 0.3) is 0 Å². The Hall–Kier alpha value is -4.28. The van der Waals surface area contributed by atoms with Gasteiger partial charge in [0.1, 0.15) is 5.75 Å². The minimum atomic E-state index is -4.92. The van der Waals surface area contributed by atoms with Crippen molar-refractivity contribution in [1.82, 2.24) is 24.5 Å². The van der Waals surface area contributed by atoms with Gasteiger partial charge < -0.3 is 39.9 Å². The van der Waals surface area contributed by atoms with Gasteiger partial charge in [0.2, 0.25) is 0 Å². The van der Waals surface area contributed by atoms with E-state index in [4.69, 9.17) is 21.4 Å². The van der Waals surface area contributed by atoms with Gasteiger partial charge in [-0.05, 0) is 74.5 Å². The summed E-state index contributed by atoms with van der Waals surface area (Å²) in [5.41, 5.74) is 0.430. The van der Waals surface area contributed by atoms with Crippen LogP contribution in [0.2, 0.25) is 5.02 Å². The molecule has 4 aliphatic rings. The number of phenolic OH excluding ortho intramolecular Hbond substituents is 1. The van der Waals surface area contributed by atoms with Crippen molar-refractivity contribution in [3.05, 3.63) is 58.1 Å². The second kappa shape index (κ2) is 17.0. The summed E-state index contributed by atoms with van der Waals surface area (Å²) in [4.78, 5) is 60.9. The number of nitrogens with one attached hydrogen (secondary N) is 1. The molecule has 0 bridgehead atoms. The van der Waals surface area contributed by atoms with E-state index in [1.54, 1.807) is 9.80 Å². The number of carbonyl (C=O) groups is 4. The number of amides is 4. The number of benzene rings is 2. The van der Waals surface area contributed by atoms with Gasteiger partial charge in [0, 0.05) is 76.5 Å². The number of halogens is 4. The van der Waals surface area contributed by atoms with E-state index in [2.05, 4.69) is 15.1 Å². The van der Waals surface area contributed by atoms with Crippen molar-refractivity contribution >= 4 is 41.3 Å². The Morgan fingerprint density at radius 3 is 2.24 bits per heavy atom. The first-order valence-corrected chi connectivity index (χ1v) is 18.8. The van der Waals surface area contributed by atoms with Gasteiger partial charge in [0.05, 0.1) is 17.0 Å². The van der Waals surface area contributed by atoms with E-state index in [-0.39, 0.29) is 43.2 Å². The summed E-state index contributed by atoms with van der Waals surface area (Å²) in [6, 6.07) is 9.41. The number of nitrogens with zero attached hydrogens (tertiary/aromatic N) is 5. The molecule has 0 saturated carbocycles. The van der Waals surface area contributed by atoms with Gasteiger partial charge in [0.25, 0.3) is 5.91 Å². The van der Waals surface area contributed by atoms with Crippen LogP contribution in [0.1, 0.15) is 48.8 Å². The van der Waals surface area contributed by atoms with Crippen LogP contribution in [0.4, 0.5) is 28.4 Å². The fraction of sp³-hybridized carbons (Fsp3) is 0.568. The predicted octanol–water partition coefficient (Wildman–Crippen LogP) is 4.75. The number of urea groups is 1. The van der Waals surface area contributed by atoms with Crippen LogP contribution >= 0.6 is 11.6 Å². The SMILES string of the molecule is O=C(O)CCN1CCC(N2CCN(C(=O)[C@@H](Cc3cc(Cl)c(O)c(C(F)(F)F)c3)OC(=O)N3CCC(N4CCc5ccccc5NC4=O)CC3)CC2)CC1. The lowest BCUT2D eigenvalue weighted by atomic mass is 10.0. The Bertz CT molecular complexity index is 1690. The maximum absolute atomic E-state index is 14.0. The van der Waals surface area contributed by atoms with Crippen LogP contribution in [0, 0.1) is 0 Å². The minimum absolute atomic E-state index is 0.0311. The summed E-state index contributed by atoms with van der Waals surface area (Å²) in [5, 5.41) is 21.5. The van der Waals surface area contributed by atoms with Gasteiger partial charge in [-0.15, -0.1) is 0 Å². The molecule has 1 atom stereocenters. The normalized spacial score (nSPS) is 20.2. The van der Waals surface area contributed by atoms with Crippen molar-refractivity contribution in [3.8, 4) is 5.75 Å². The number of fused-ring (bicyclic) bond motifs is 1. The van der Waals surface area contributed by atoms with Crippen LogP contribution in [0.5, 0.6) is 5.75 Å². The summed E-state index contributed by atoms with van der Waals surface area (Å²) in [7, 11) is 0. The van der Waals surface area contributed by atoms with Crippen molar-refractivity contribution < 1.29 is 47.3 Å². The number of para-hydroxylation sites is 1. The molecule has 0 unspecified atom stereocenters. The summed E-state index contributed by atoms with van der Waals surface area (Å²) in [5.74, 6) is -2.49. The lowest BCUT2D eigenvalue weighted by Gasteiger charge is -2.43. The number of hydrogen-bond acceptors (Lipinski definition) is 8. The summed E-state index contributed by atoms with van der Waals surface area (Å²) in [6.45, 7) is 4.83. The molecule has 3 saturated heterocycles. The van der Waals surface area contributed by atoms with E-state index in [1.165, 1.54) is 4.90 Å². The van der Waals surface area contributed by atoms with Crippen molar-refractivity contribution in [2.24, 2.45) is 0 Å². The minimum Gasteiger partial charge on any atom is -0.506 e. The molecule has 4 aliphatic heterocycles. The zero-order valence-electron chi connectivity index (χ0n) is 29.9. The number of hydrogen-bond donors (Lipinski definition) is 3. The molecule has 6 rings (SSSR count). The molecule has 0 spiro atoms. The fourth-order valence-electron chi connectivity index (χ4n) is 7.95. The molecule has 2 aromatic carbocycles. The molecule has 2 aromatic rings. The van der Waals surface area contributed by atoms with Gasteiger partial charge in [-0.25, -0.2) is 9.59 Å². The molecule has 4 amide bonds. The number of carboxylic acids is 1. The van der Waals surface area contributed by atoms with E-state index in [1.807, 2.05) is 24.3 Å². The topological polar surface area (TPSA) is 146 Å². The summed E-state index contributed by atoms with van der Waals surface area (Å²) >= 11 is 5.99. The zero-order chi connectivity index (χ0) is 38.6. The molecule has 3 N–H and O–H groups in total. The molecule has 294 valence electrons. The third kappa shape index (κ3) is 9.50. The first kappa shape index (κ1) is 39.4. The molecule has 54 heavy (non-hydrogen) atoms. The van der Waals surface area contributed by atoms with E-state index >= 15 is 0 Å². The predicted molar refractivity (Wildman–Crippen MR) is 192 cm³/mol. The first-order valence-electron chi connectivity index (χ1n) is 18.4. The van der Waals surface area contributed by atoms with Gasteiger partial charge in [-0.1, -0.05) is 29.8 Å². The smallest absolute Gasteiger partial charge is 0.420 e. The third-order valence-electron chi connectivity index (χ3n) is 11.0. The van der Waals surface area contributed by atoms with Gasteiger partial charge in [0.15, 0.2) is 6.10 Å². The van der Waals surface area contributed by atoms with Crippen molar-refractivity contribution in [1.29, 1.82) is 0 Å². The number of ether oxygens (including phenoxy) is 1. The van der Waals surface area contributed by atoms with Crippen LogP contribution in [0.3, 0.4) is 0 Å². The number of rotatable bonds is 9. The van der Waals surface area contributed by atoms with Crippen LogP contribution in [-0.4, -0.2) is 142 Å². The number of piperidine rings is 2. The highest BCUT2D eigenvalue weighted by atomic mass is 35.5. The standard InChI is InChI=1S/C37H46ClF3N6O7/c38-29-22-24(21-28(33(29)50)37(39,40)41)23-31(34(51)45-19-17-44(18-20-45)26-6-11-43(12-7-26)13-10-32(48)49)54-36(53)46-14-8-27(9-15-46)47-16-5-25-3-1-2-4-30(25)42-35(47)52/h1-4,21-22,26-27,31,50H,5-20,23H2,(H,42,52)(H,48,49)/t31-/m1/s1. The Kier molecular flexibility index (Phi) is 12.4. The quantitative estimate of drug-likeness (QED) is 0.329. The maximum atomic E-state index is 14.0. The van der Waals surface area contributed by atoms with Crippen LogP contribution in [0.15, 0.2) is 36.4 Å². The number of carbonyl (C=O) groups excluding carboxylic acids is 3. The monoisotopic (exact) mass is 778 g/mol. The second-order valence-corrected chi connectivity index (χ2v) is 14.8. The lowest BCUT2D eigenvalue weighted by Crippen LogP contribution is -2.56. The summed E-state index contributed by atoms with van der Waals surface area (Å²) < 4.78 is 47.1. The number of aromatic hydroxyl groups is 1. The Morgan fingerprint density at radius 1 is 0.907 bits per heavy atom. The Morgan fingerprint density at radius 2 is 1.57 bits per heavy atom. The fourth-order valence-corrected chi connectivity index (χ4v) is 8.19. The molecule has 0 aliphatic carbocycles. The van der Waals surface area contributed by atoms with Gasteiger partial charge >= 0.3 is 24.3 Å². The third-order valence-corrected chi connectivity index (χ3v) is 11.3. The molecule has 0 aromatic heterocycles. The van der Waals surface area contributed by atoms with Crippen molar-refractivity contribution in [2.45, 2.75) is 69.3 Å². The van der Waals surface area contributed by atoms with Crippen molar-refractivity contribution in [2.75, 3.05) is 70.8 Å². The van der Waals surface area contributed by atoms with Crippen LogP contribution in [-0.2, 0) is 33.3 Å². The number of alkyl halides is 3. The molecule has 13 nitrogen and oxygen atoms in total. The van der Waals surface area contributed by atoms with Crippen molar-refractivity contribution in [3.63, 3.8) is 0 Å². The number of anilines is 1. The molecular formula is C37H46ClF3N6O7. The number of aliphatic carboxylic acids is 1. The van der Waals surface area contributed by atoms with E-state index in [0.29, 0.717) is 64.6 Å². The van der Waals surface area contributed by atoms with E-state index in [0.717, 1.165) is 43.2 Å². The number of likely N-dealkylation sites (tertiary alicyclic amines) is 2. The Balaban J connectivity index is 1.09. The average Bonchev–Trinajstić information content (AvgIpc) is 3.32. The highest BCUT2D eigenvalue weighted by Gasteiger charge is 2.39. The van der Waals surface area contributed by atoms with E-state index in [9.17, 15) is 37.5 Å². The van der Waals surface area contributed by atoms with Crippen LogP contribution < -0.4 is 5.32 Å².